The molecular weight excluding hydrogens is 763 g/mol. The molecule has 2 aromatic carbocycles. The van der Waals surface area contributed by atoms with Crippen molar-refractivity contribution in [1.82, 2.24) is 24.6 Å². The van der Waals surface area contributed by atoms with Gasteiger partial charge in [0.15, 0.2) is 0 Å². The Kier molecular flexibility index (Phi) is 11.5. The van der Waals surface area contributed by atoms with Gasteiger partial charge in [0.25, 0.3) is 15.9 Å². The Balaban J connectivity index is 1.29. The van der Waals surface area contributed by atoms with Gasteiger partial charge < -0.3 is 20.3 Å². The molecule has 5 atom stereocenters. The molecule has 4 N–H and O–H groups in total. The first kappa shape index (κ1) is 40.1. The van der Waals surface area contributed by atoms with Gasteiger partial charge in [0.1, 0.15) is 40.3 Å². The van der Waals surface area contributed by atoms with Crippen molar-refractivity contribution in [3.8, 4) is 0 Å². The first-order chi connectivity index (χ1) is 26.0. The van der Waals surface area contributed by atoms with Crippen LogP contribution in [0.15, 0.2) is 53.9 Å². The van der Waals surface area contributed by atoms with Crippen molar-refractivity contribution in [2.75, 3.05) is 24.7 Å². The zero-order valence-electron chi connectivity index (χ0n) is 30.2. The molecule has 1 aliphatic carbocycles. The van der Waals surface area contributed by atoms with E-state index in [1.807, 2.05) is 4.72 Å². The van der Waals surface area contributed by atoms with E-state index in [0.717, 1.165) is 23.3 Å². The number of amides is 4. The molecule has 6 rings (SSSR count). The van der Waals surface area contributed by atoms with Crippen LogP contribution in [-0.4, -0.2) is 93.5 Å². The number of nitrogens with one attached hydrogen (secondary N) is 4. The average Bonchev–Trinajstić information content (AvgIpc) is 3.41. The van der Waals surface area contributed by atoms with Crippen molar-refractivity contribution in [2.45, 2.75) is 93.1 Å². The third kappa shape index (κ3) is 8.94. The van der Waals surface area contributed by atoms with Crippen LogP contribution in [0.5, 0.6) is 0 Å². The molecule has 3 heterocycles. The monoisotopic (exact) mass is 806 g/mol. The molecule has 4 aliphatic rings. The number of carbonyl (C=O) groups is 4. The van der Waals surface area contributed by atoms with Crippen LogP contribution in [0.25, 0.3) is 0 Å². The molecule has 1 saturated heterocycles. The molecule has 55 heavy (non-hydrogen) atoms. The third-order valence-corrected chi connectivity index (χ3v) is 12.5. The Morgan fingerprint density at radius 2 is 1.82 bits per heavy atom. The number of fused-ring (bicyclic) bond motifs is 3. The van der Waals surface area contributed by atoms with E-state index in [-0.39, 0.29) is 44.6 Å². The van der Waals surface area contributed by atoms with Gasteiger partial charge in [0.2, 0.25) is 21.8 Å². The van der Waals surface area contributed by atoms with Crippen LogP contribution in [0.1, 0.15) is 62.5 Å². The standard InChI is InChI=1S/C36H44F2N6O9S2/c1-3-23-18-36(23)34(47)42-55(51,52)31-16-24(37)13-14-28(31)39-15-8-6-4-5-7-12-29(41-54(2,49)50)33(46)44-20-25(17-30(44)32(45)40-36)53-35(48)43-19-22-10-9-11-27(38)26(22)21-43/h3,9-11,13-14,16,23,25,29-30,39,41H,1,4-8,12,15,17-21H2,2H3,(H,40,45)(H,42,47)/t23-,25-,29+,30+,36-/m1/s1. The number of carbonyl (C=O) groups excluding carboxylic acids is 4. The molecule has 298 valence electrons. The molecule has 1 saturated carbocycles. The average molecular weight is 807 g/mol. The number of ether oxygens (including phenoxy) is 1. The number of rotatable bonds is 4. The normalized spacial score (nSPS) is 27.5. The van der Waals surface area contributed by atoms with Crippen molar-refractivity contribution in [3.63, 3.8) is 0 Å². The predicted octanol–water partition coefficient (Wildman–Crippen LogP) is 2.64. The van der Waals surface area contributed by atoms with Crippen LogP contribution < -0.4 is 20.1 Å². The largest absolute Gasteiger partial charge is 0.444 e. The molecule has 4 amide bonds. The fraction of sp³-hybridized carbons (Fsp3) is 0.500. The highest BCUT2D eigenvalue weighted by Gasteiger charge is 2.61. The second-order valence-electron chi connectivity index (χ2n) is 14.5. The summed E-state index contributed by atoms with van der Waals surface area (Å²) in [6.45, 7) is 3.72. The number of hydrogen-bond acceptors (Lipinski definition) is 10. The number of halogens is 2. The van der Waals surface area contributed by atoms with E-state index in [1.165, 1.54) is 29.2 Å². The van der Waals surface area contributed by atoms with Gasteiger partial charge in [-0.25, -0.2) is 39.9 Å². The second kappa shape index (κ2) is 15.9. The maximum atomic E-state index is 14.4. The number of anilines is 1. The van der Waals surface area contributed by atoms with Crippen molar-refractivity contribution in [3.05, 3.63) is 71.8 Å². The minimum atomic E-state index is -4.69. The topological polar surface area (TPSA) is 200 Å². The molecule has 2 aromatic rings. The molecule has 0 aromatic heterocycles. The minimum Gasteiger partial charge on any atom is -0.444 e. The Hall–Kier alpha value is -4.62. The van der Waals surface area contributed by atoms with E-state index in [1.54, 1.807) is 6.07 Å². The molecule has 1 spiro atoms. The highest BCUT2D eigenvalue weighted by atomic mass is 32.2. The van der Waals surface area contributed by atoms with Gasteiger partial charge >= 0.3 is 6.09 Å². The second-order valence-corrected chi connectivity index (χ2v) is 17.9. The third-order valence-electron chi connectivity index (χ3n) is 10.5. The highest BCUT2D eigenvalue weighted by molar-refractivity contribution is 7.90. The van der Waals surface area contributed by atoms with E-state index in [2.05, 4.69) is 21.9 Å². The van der Waals surface area contributed by atoms with E-state index >= 15 is 0 Å². The molecule has 2 fully saturated rings. The first-order valence-corrected chi connectivity index (χ1v) is 21.4. The van der Waals surface area contributed by atoms with Crippen LogP contribution in [0.3, 0.4) is 0 Å². The fourth-order valence-corrected chi connectivity index (χ4v) is 9.46. The van der Waals surface area contributed by atoms with Crippen LogP contribution in [0.2, 0.25) is 0 Å². The fourth-order valence-electron chi connectivity index (χ4n) is 7.49. The van der Waals surface area contributed by atoms with E-state index < -0.39 is 90.0 Å². The van der Waals surface area contributed by atoms with Crippen molar-refractivity contribution >= 4 is 49.5 Å². The van der Waals surface area contributed by atoms with Gasteiger partial charge in [-0.05, 0) is 49.1 Å². The van der Waals surface area contributed by atoms with Gasteiger partial charge in [-0.2, -0.15) is 0 Å². The Labute approximate surface area is 318 Å². The molecule has 0 bridgehead atoms. The lowest BCUT2D eigenvalue weighted by Crippen LogP contribution is -2.58. The lowest BCUT2D eigenvalue weighted by Gasteiger charge is -2.29. The summed E-state index contributed by atoms with van der Waals surface area (Å²) >= 11 is 0. The molecule has 3 aliphatic heterocycles. The summed E-state index contributed by atoms with van der Waals surface area (Å²) in [7, 11) is -8.61. The van der Waals surface area contributed by atoms with Gasteiger partial charge in [-0.1, -0.05) is 43.9 Å². The van der Waals surface area contributed by atoms with Crippen LogP contribution >= 0.6 is 0 Å². The van der Waals surface area contributed by atoms with Crippen LogP contribution in [-0.2, 0) is 52.3 Å². The highest BCUT2D eigenvalue weighted by Crippen LogP contribution is 2.45. The smallest absolute Gasteiger partial charge is 0.410 e. The molecule has 19 heteroatoms. The summed E-state index contributed by atoms with van der Waals surface area (Å²) in [5.74, 6) is -4.82. The lowest BCUT2D eigenvalue weighted by atomic mass is 10.0. The van der Waals surface area contributed by atoms with Gasteiger partial charge in [0.05, 0.1) is 25.0 Å². The number of nitrogens with zero attached hydrogens (tertiary/aromatic N) is 2. The summed E-state index contributed by atoms with van der Waals surface area (Å²) in [5, 5.41) is 5.60. The zero-order chi connectivity index (χ0) is 39.7. The Morgan fingerprint density at radius 1 is 1.07 bits per heavy atom. The van der Waals surface area contributed by atoms with Gasteiger partial charge in [-0.15, -0.1) is 6.58 Å². The maximum absolute atomic E-state index is 14.4. The summed E-state index contributed by atoms with van der Waals surface area (Å²) in [6.07, 6.45) is 3.20. The predicted molar refractivity (Wildman–Crippen MR) is 195 cm³/mol. The number of sulfonamides is 2. The van der Waals surface area contributed by atoms with E-state index in [4.69, 9.17) is 4.74 Å². The maximum Gasteiger partial charge on any atom is 0.410 e. The first-order valence-electron chi connectivity index (χ1n) is 18.1. The summed E-state index contributed by atoms with van der Waals surface area (Å²) in [6, 6.07) is 4.96. The molecular formula is C36H44F2N6O9S2. The summed E-state index contributed by atoms with van der Waals surface area (Å²) in [4.78, 5) is 57.4. The summed E-state index contributed by atoms with van der Waals surface area (Å²) in [5.41, 5.74) is -0.811. The van der Waals surface area contributed by atoms with Crippen molar-refractivity contribution in [2.24, 2.45) is 5.92 Å². The molecule has 0 unspecified atom stereocenters. The molecule has 15 nitrogen and oxygen atoms in total. The number of benzene rings is 2. The minimum absolute atomic E-state index is 0.0543. The Morgan fingerprint density at radius 3 is 2.53 bits per heavy atom. The van der Waals surface area contributed by atoms with Gasteiger partial charge in [0, 0.05) is 31.0 Å². The quantitative estimate of drug-likeness (QED) is 0.333. The molecule has 0 radical (unpaired) electrons. The Bertz CT molecular complexity index is 2100. The summed E-state index contributed by atoms with van der Waals surface area (Å²) < 4.78 is 90.9. The zero-order valence-corrected chi connectivity index (χ0v) is 31.8. The van der Waals surface area contributed by atoms with E-state index in [0.29, 0.717) is 49.8 Å². The number of hydrogen-bond donors (Lipinski definition) is 4. The van der Waals surface area contributed by atoms with E-state index in [9.17, 15) is 44.8 Å². The van der Waals surface area contributed by atoms with Gasteiger partial charge in [-0.3, -0.25) is 19.3 Å². The SMILES string of the molecule is C=C[C@@H]1C[C@@]12NC(=O)[C@@H]1C[C@@H](OC(=O)N3Cc4cccc(F)c4C3)CN1C(=O)[C@@H](NS(C)(=O)=O)CCCCCCCNc1ccc(F)cc1S(=O)(=O)NC2=O. The van der Waals surface area contributed by atoms with Crippen molar-refractivity contribution in [1.29, 1.82) is 0 Å². The van der Waals surface area contributed by atoms with Crippen molar-refractivity contribution < 1.29 is 49.5 Å². The lowest BCUT2D eigenvalue weighted by molar-refractivity contribution is -0.141. The van der Waals surface area contributed by atoms with Crippen LogP contribution in [0, 0.1) is 17.6 Å². The van der Waals surface area contributed by atoms with Crippen LogP contribution in [0.4, 0.5) is 19.3 Å².